The number of ether oxygens (including phenoxy) is 2. The van der Waals surface area contributed by atoms with Gasteiger partial charge in [-0.15, -0.1) is 0 Å². The number of nitrogens with one attached hydrogen (secondary N) is 1. The second-order valence-electron chi connectivity index (χ2n) is 6.89. The molecule has 0 fully saturated rings. The van der Waals surface area contributed by atoms with Crippen LogP contribution in [0, 0.1) is 0 Å². The van der Waals surface area contributed by atoms with Crippen molar-refractivity contribution in [3.8, 4) is 11.5 Å². The van der Waals surface area contributed by atoms with Crippen molar-refractivity contribution in [1.82, 2.24) is 9.97 Å². The predicted octanol–water partition coefficient (Wildman–Crippen LogP) is 2.61. The molecule has 0 unspecified atom stereocenters. The third-order valence-electron chi connectivity index (χ3n) is 4.98. The number of sulfone groups is 2. The van der Waals surface area contributed by atoms with Gasteiger partial charge in [-0.1, -0.05) is 0 Å². The quantitative estimate of drug-likeness (QED) is 0.440. The van der Waals surface area contributed by atoms with Gasteiger partial charge in [0.25, 0.3) is 5.56 Å². The lowest BCUT2D eigenvalue weighted by Crippen LogP contribution is -2.13. The Bertz CT molecular complexity index is 1610. The van der Waals surface area contributed by atoms with Gasteiger partial charge in [0.2, 0.25) is 19.7 Å². The minimum absolute atomic E-state index is 0.0386. The molecule has 0 saturated heterocycles. The molecule has 0 spiro atoms. The van der Waals surface area contributed by atoms with Crippen LogP contribution in [0.15, 0.2) is 91.2 Å². The Morgan fingerprint density at radius 2 is 1.15 bits per heavy atom. The van der Waals surface area contributed by atoms with E-state index >= 15 is 0 Å². The highest BCUT2D eigenvalue weighted by Crippen LogP contribution is 2.33. The summed E-state index contributed by atoms with van der Waals surface area (Å²) in [5.41, 5.74) is -1.04. The molecule has 3 aromatic carbocycles. The third-order valence-corrected chi connectivity index (χ3v) is 8.59. The first-order chi connectivity index (χ1) is 15.7. The molecule has 4 aromatic rings. The van der Waals surface area contributed by atoms with Gasteiger partial charge >= 0.3 is 0 Å². The fourth-order valence-corrected chi connectivity index (χ4v) is 6.10. The average Bonchev–Trinajstić information content (AvgIpc) is 2.83. The first kappa shape index (κ1) is 22.5. The van der Waals surface area contributed by atoms with Crippen molar-refractivity contribution < 1.29 is 26.3 Å². The molecule has 0 saturated carbocycles. The minimum Gasteiger partial charge on any atom is -0.497 e. The Kier molecular flexibility index (Phi) is 5.68. The summed E-state index contributed by atoms with van der Waals surface area (Å²) in [6, 6.07) is 13.7. The van der Waals surface area contributed by atoms with Crippen LogP contribution >= 0.6 is 0 Å². The molecule has 1 N–H and O–H groups in total. The van der Waals surface area contributed by atoms with E-state index in [0.717, 1.165) is 12.3 Å². The second kappa shape index (κ2) is 8.34. The van der Waals surface area contributed by atoms with E-state index < -0.39 is 25.2 Å². The Hall–Kier alpha value is -3.70. The van der Waals surface area contributed by atoms with Crippen LogP contribution < -0.4 is 15.0 Å². The molecule has 9 nitrogen and oxygen atoms in total. The van der Waals surface area contributed by atoms with E-state index in [1.165, 1.54) is 68.8 Å². The Labute approximate surface area is 189 Å². The fourth-order valence-electron chi connectivity index (χ4n) is 3.29. The van der Waals surface area contributed by atoms with E-state index in [-0.39, 0.29) is 30.6 Å². The van der Waals surface area contributed by atoms with Crippen molar-refractivity contribution in [2.45, 2.75) is 19.6 Å². The van der Waals surface area contributed by atoms with Gasteiger partial charge in [0.05, 0.1) is 45.5 Å². The van der Waals surface area contributed by atoms with Crippen molar-refractivity contribution in [2.75, 3.05) is 14.2 Å². The maximum Gasteiger partial charge on any atom is 0.266 e. The number of aromatic amines is 1. The Morgan fingerprint density at radius 3 is 1.64 bits per heavy atom. The second-order valence-corrected chi connectivity index (χ2v) is 10.7. The lowest BCUT2D eigenvalue weighted by atomic mass is 10.3. The average molecular weight is 487 g/mol. The SMILES string of the molecule is COc1ccc(S(=O)(=O)c2ccc(S(=O)(=O)c3ccc(OC)cc3)c3[nH]c(=O)cnc23)cc1. The number of hydrogen-bond donors (Lipinski definition) is 1. The van der Waals surface area contributed by atoms with Crippen molar-refractivity contribution in [3.63, 3.8) is 0 Å². The zero-order valence-corrected chi connectivity index (χ0v) is 19.1. The normalized spacial score (nSPS) is 11.9. The molecule has 0 radical (unpaired) electrons. The number of H-pyrrole nitrogens is 1. The van der Waals surface area contributed by atoms with Crippen LogP contribution in [0.2, 0.25) is 0 Å². The maximum atomic E-state index is 13.3. The molecule has 0 aliphatic carbocycles. The van der Waals surface area contributed by atoms with E-state index in [4.69, 9.17) is 9.47 Å². The van der Waals surface area contributed by atoms with E-state index in [1.54, 1.807) is 0 Å². The van der Waals surface area contributed by atoms with Crippen molar-refractivity contribution in [1.29, 1.82) is 0 Å². The molecular formula is C22H18N2O7S2. The predicted molar refractivity (Wildman–Crippen MR) is 119 cm³/mol. The van der Waals surface area contributed by atoms with E-state index in [9.17, 15) is 21.6 Å². The summed E-state index contributed by atoms with van der Waals surface area (Å²) in [7, 11) is -5.30. The smallest absolute Gasteiger partial charge is 0.266 e. The van der Waals surface area contributed by atoms with Crippen molar-refractivity contribution in [3.05, 3.63) is 77.2 Å². The van der Waals surface area contributed by atoms with E-state index in [0.29, 0.717) is 11.5 Å². The van der Waals surface area contributed by atoms with Gasteiger partial charge in [-0.25, -0.2) is 21.8 Å². The number of methoxy groups -OCH3 is 2. The molecule has 0 aliphatic heterocycles. The van der Waals surface area contributed by atoms with Crippen LogP contribution in [0.5, 0.6) is 11.5 Å². The van der Waals surface area contributed by atoms with Crippen LogP contribution in [0.1, 0.15) is 0 Å². The zero-order valence-electron chi connectivity index (χ0n) is 17.5. The summed E-state index contributed by atoms with van der Waals surface area (Å²) in [6.45, 7) is 0. The number of nitrogens with zero attached hydrogens (tertiary/aromatic N) is 1. The van der Waals surface area contributed by atoms with Crippen LogP contribution in [-0.2, 0) is 19.7 Å². The summed E-state index contributed by atoms with van der Waals surface area (Å²) < 4.78 is 63.3. The summed E-state index contributed by atoms with van der Waals surface area (Å²) in [6.07, 6.45) is 0.902. The third kappa shape index (κ3) is 3.96. The molecule has 0 atom stereocenters. The molecule has 1 aromatic heterocycles. The van der Waals surface area contributed by atoms with Crippen LogP contribution in [0.3, 0.4) is 0 Å². The first-order valence-corrected chi connectivity index (χ1v) is 12.5. The number of fused-ring (bicyclic) bond motifs is 1. The van der Waals surface area contributed by atoms with Crippen LogP contribution in [0.25, 0.3) is 11.0 Å². The van der Waals surface area contributed by atoms with Crippen LogP contribution in [0.4, 0.5) is 0 Å². The van der Waals surface area contributed by atoms with E-state index in [1.807, 2.05) is 0 Å². The van der Waals surface area contributed by atoms with Crippen LogP contribution in [-0.4, -0.2) is 41.0 Å². The maximum absolute atomic E-state index is 13.3. The Morgan fingerprint density at radius 1 is 0.697 bits per heavy atom. The summed E-state index contributed by atoms with van der Waals surface area (Å²) in [5.74, 6) is 0.942. The number of aromatic nitrogens is 2. The summed E-state index contributed by atoms with van der Waals surface area (Å²) in [5, 5.41) is 0. The number of rotatable bonds is 6. The molecule has 0 amide bonds. The summed E-state index contributed by atoms with van der Waals surface area (Å²) >= 11 is 0. The molecule has 4 rings (SSSR count). The largest absolute Gasteiger partial charge is 0.497 e. The molecule has 1 heterocycles. The number of hydrogen-bond acceptors (Lipinski definition) is 8. The van der Waals surface area contributed by atoms with E-state index in [2.05, 4.69) is 9.97 Å². The highest BCUT2D eigenvalue weighted by atomic mass is 32.2. The van der Waals surface area contributed by atoms with Crippen molar-refractivity contribution in [2.24, 2.45) is 0 Å². The highest BCUT2D eigenvalue weighted by molar-refractivity contribution is 7.92. The minimum atomic E-state index is -4.12. The molecule has 0 aliphatic rings. The molecule has 33 heavy (non-hydrogen) atoms. The number of benzene rings is 3. The highest BCUT2D eigenvalue weighted by Gasteiger charge is 2.27. The van der Waals surface area contributed by atoms with Gasteiger partial charge < -0.3 is 14.5 Å². The van der Waals surface area contributed by atoms with Gasteiger partial charge in [-0.2, -0.15) is 0 Å². The van der Waals surface area contributed by atoms with Gasteiger partial charge in [0.15, 0.2) is 0 Å². The van der Waals surface area contributed by atoms with Gasteiger partial charge in [0.1, 0.15) is 17.0 Å². The monoisotopic (exact) mass is 486 g/mol. The standard InChI is InChI=1S/C22H18N2O7S2/c1-30-14-3-7-16(8-4-14)32(26,27)18-11-12-19(22-21(18)23-13-20(25)24-22)33(28,29)17-9-5-15(31-2)6-10-17/h3-13H,1-2H3,(H,24,25). The molecule has 170 valence electrons. The first-order valence-electron chi connectivity index (χ1n) is 9.49. The van der Waals surface area contributed by atoms with Gasteiger partial charge in [-0.05, 0) is 60.7 Å². The Balaban J connectivity index is 1.94. The van der Waals surface area contributed by atoms with Gasteiger partial charge in [0, 0.05) is 0 Å². The topological polar surface area (TPSA) is 132 Å². The van der Waals surface area contributed by atoms with Gasteiger partial charge in [-0.3, -0.25) is 4.79 Å². The summed E-state index contributed by atoms with van der Waals surface area (Å²) in [4.78, 5) is 17.8. The molecule has 11 heteroatoms. The zero-order chi connectivity index (χ0) is 23.8. The molecule has 0 bridgehead atoms. The lowest BCUT2D eigenvalue weighted by molar-refractivity contribution is 0.414. The molecular weight excluding hydrogens is 468 g/mol. The lowest BCUT2D eigenvalue weighted by Gasteiger charge is -2.12. The fraction of sp³-hybridized carbons (Fsp3) is 0.0909. The van der Waals surface area contributed by atoms with Crippen molar-refractivity contribution >= 4 is 30.7 Å².